The van der Waals surface area contributed by atoms with Gasteiger partial charge in [0, 0.05) is 28.4 Å². The van der Waals surface area contributed by atoms with Gasteiger partial charge >= 0.3 is 0 Å². The number of aromatic amines is 1. The first-order valence-corrected chi connectivity index (χ1v) is 11.7. The van der Waals surface area contributed by atoms with Crippen molar-refractivity contribution in [3.63, 3.8) is 0 Å². The molecule has 0 saturated heterocycles. The quantitative estimate of drug-likeness (QED) is 0.382. The molecule has 0 fully saturated rings. The number of halogens is 1. The van der Waals surface area contributed by atoms with Crippen molar-refractivity contribution in [2.24, 2.45) is 0 Å². The van der Waals surface area contributed by atoms with Crippen molar-refractivity contribution < 1.29 is 13.7 Å². The second-order valence-corrected chi connectivity index (χ2v) is 9.02. The van der Waals surface area contributed by atoms with Gasteiger partial charge in [-0.25, -0.2) is 9.37 Å². The number of nitrogens with zero attached hydrogens (tertiary/aromatic N) is 5. The summed E-state index contributed by atoms with van der Waals surface area (Å²) in [4.78, 5) is 32.2. The van der Waals surface area contributed by atoms with Crippen molar-refractivity contribution in [1.82, 2.24) is 30.0 Å². The molecule has 5 heterocycles. The molecule has 1 amide bonds. The van der Waals surface area contributed by atoms with Gasteiger partial charge < -0.3 is 14.4 Å². The fourth-order valence-corrected chi connectivity index (χ4v) is 5.20. The predicted molar refractivity (Wildman–Crippen MR) is 126 cm³/mol. The highest BCUT2D eigenvalue weighted by atomic mass is 32.1. The van der Waals surface area contributed by atoms with Gasteiger partial charge in [0.25, 0.3) is 5.91 Å². The minimum absolute atomic E-state index is 0.205. The first-order chi connectivity index (χ1) is 17.0. The molecule has 0 spiro atoms. The van der Waals surface area contributed by atoms with Crippen LogP contribution in [0.5, 0.6) is 0 Å². The molecular formula is C25H17FN6O2S. The summed E-state index contributed by atoms with van der Waals surface area (Å²) in [6.45, 7) is 1.72. The lowest BCUT2D eigenvalue weighted by atomic mass is 9.89. The summed E-state index contributed by atoms with van der Waals surface area (Å²) in [5.74, 6) is 2.38. The summed E-state index contributed by atoms with van der Waals surface area (Å²) in [5, 5.41) is 7.00. The number of amides is 1. The molecule has 6 rings (SSSR count). The smallest absolute Gasteiger partial charge is 0.274 e. The highest BCUT2D eigenvalue weighted by Crippen LogP contribution is 2.45. The van der Waals surface area contributed by atoms with E-state index in [1.807, 2.05) is 24.3 Å². The number of fused-ring (bicyclic) bond motifs is 3. The Morgan fingerprint density at radius 3 is 2.86 bits per heavy atom. The molecule has 1 unspecified atom stereocenters. The molecule has 8 nitrogen and oxygen atoms in total. The number of nitrogens with one attached hydrogen (secondary N) is 1. The van der Waals surface area contributed by atoms with Crippen molar-refractivity contribution >= 4 is 28.1 Å². The number of H-pyrrole nitrogens is 1. The third-order valence-electron chi connectivity index (χ3n) is 6.07. The van der Waals surface area contributed by atoms with E-state index in [1.54, 1.807) is 23.3 Å². The zero-order valence-corrected chi connectivity index (χ0v) is 19.2. The fraction of sp³-hybridized carbons (Fsp3) is 0.160. The van der Waals surface area contributed by atoms with Gasteiger partial charge in [-0.1, -0.05) is 23.4 Å². The normalized spacial score (nSPS) is 17.3. The molecule has 0 aliphatic carbocycles. The zero-order valence-electron chi connectivity index (χ0n) is 18.4. The number of pyridine rings is 1. The second-order valence-electron chi connectivity index (χ2n) is 8.16. The van der Waals surface area contributed by atoms with E-state index in [2.05, 4.69) is 31.0 Å². The van der Waals surface area contributed by atoms with Crippen LogP contribution in [-0.2, 0) is 6.42 Å². The van der Waals surface area contributed by atoms with Crippen LogP contribution in [0.25, 0.3) is 10.9 Å². The summed E-state index contributed by atoms with van der Waals surface area (Å²) in [5.41, 5.74) is 3.40. The highest BCUT2D eigenvalue weighted by molar-refractivity contribution is 7.10. The topological polar surface area (TPSA) is 101 Å². The molecule has 1 aromatic carbocycles. The average molecular weight is 485 g/mol. The van der Waals surface area contributed by atoms with Crippen molar-refractivity contribution in [3.05, 3.63) is 93.2 Å². The van der Waals surface area contributed by atoms with E-state index in [9.17, 15) is 9.18 Å². The van der Waals surface area contributed by atoms with Gasteiger partial charge in [0.1, 0.15) is 23.6 Å². The summed E-state index contributed by atoms with van der Waals surface area (Å²) >= 11 is 1.21. The maximum atomic E-state index is 14.0. The third kappa shape index (κ3) is 3.48. The van der Waals surface area contributed by atoms with Gasteiger partial charge in [-0.15, -0.1) is 17.8 Å². The van der Waals surface area contributed by atoms with Crippen LogP contribution in [0.15, 0.2) is 52.5 Å². The molecule has 0 saturated carbocycles. The van der Waals surface area contributed by atoms with Crippen LogP contribution in [-0.4, -0.2) is 35.9 Å². The monoisotopic (exact) mass is 484 g/mol. The van der Waals surface area contributed by atoms with Crippen LogP contribution in [0.4, 0.5) is 4.39 Å². The molecule has 4 aromatic heterocycles. The lowest BCUT2D eigenvalue weighted by molar-refractivity contribution is 0.0515. The molecule has 1 aliphatic rings. The highest BCUT2D eigenvalue weighted by Gasteiger charge is 2.44. The number of aryl methyl sites for hydroxylation is 1. The summed E-state index contributed by atoms with van der Waals surface area (Å²) in [6, 6.07) is 9.50. The number of rotatable bonds is 3. The summed E-state index contributed by atoms with van der Waals surface area (Å²) in [7, 11) is 0. The molecule has 35 heavy (non-hydrogen) atoms. The Morgan fingerprint density at radius 1 is 1.29 bits per heavy atom. The average Bonchev–Trinajstić information content (AvgIpc) is 3.61. The maximum Gasteiger partial charge on any atom is 0.274 e. The number of benzene rings is 1. The van der Waals surface area contributed by atoms with Gasteiger partial charge in [0.2, 0.25) is 5.89 Å². The van der Waals surface area contributed by atoms with Crippen LogP contribution in [0.2, 0.25) is 0 Å². The van der Waals surface area contributed by atoms with Crippen LogP contribution < -0.4 is 0 Å². The van der Waals surface area contributed by atoms with Crippen LogP contribution in [0.3, 0.4) is 0 Å². The molecule has 0 bridgehead atoms. The van der Waals surface area contributed by atoms with Crippen LogP contribution >= 0.6 is 11.3 Å². The Labute approximate surface area is 202 Å². The molecule has 0 radical (unpaired) electrons. The maximum absolute atomic E-state index is 14.0. The van der Waals surface area contributed by atoms with Crippen molar-refractivity contribution in [1.29, 1.82) is 0 Å². The van der Waals surface area contributed by atoms with E-state index < -0.39 is 17.9 Å². The van der Waals surface area contributed by atoms with E-state index in [0.717, 1.165) is 28.4 Å². The number of hydrogen-bond donors (Lipinski definition) is 1. The lowest BCUT2D eigenvalue weighted by Crippen LogP contribution is -2.43. The summed E-state index contributed by atoms with van der Waals surface area (Å²) in [6.07, 6.45) is 7.06. The largest absolute Gasteiger partial charge is 0.356 e. The molecule has 2 atom stereocenters. The van der Waals surface area contributed by atoms with E-state index in [4.69, 9.17) is 10.9 Å². The molecule has 172 valence electrons. The molecule has 10 heteroatoms. The Hall–Kier alpha value is -4.36. The van der Waals surface area contributed by atoms with Gasteiger partial charge in [-0.3, -0.25) is 9.78 Å². The Kier molecular flexibility index (Phi) is 4.93. The summed E-state index contributed by atoms with van der Waals surface area (Å²) < 4.78 is 19.4. The van der Waals surface area contributed by atoms with E-state index in [0.29, 0.717) is 28.8 Å². The standard InChI is InChI=1S/C25H17FN6O2S/c1-3-21-29-19(12-35-21)25(33)32-20(24-28-13(2)31-34-24)10-16-15-6-4-5-7-17(15)30-22(16)23(32)18-9-8-14(26)11-27-18/h1,4-9,11-12,20,23,30H,10H2,2H3/t20-,23?/m1/s1. The van der Waals surface area contributed by atoms with Crippen molar-refractivity contribution in [3.8, 4) is 12.3 Å². The van der Waals surface area contributed by atoms with E-state index in [-0.39, 0.29) is 11.6 Å². The van der Waals surface area contributed by atoms with E-state index >= 15 is 0 Å². The number of terminal acetylenes is 1. The molecule has 5 aromatic rings. The number of hydrogen-bond acceptors (Lipinski definition) is 7. The number of aromatic nitrogens is 5. The van der Waals surface area contributed by atoms with E-state index in [1.165, 1.54) is 17.4 Å². The van der Waals surface area contributed by atoms with Gasteiger partial charge in [-0.2, -0.15) is 4.98 Å². The molecule has 1 N–H and O–H groups in total. The molecule has 1 aliphatic heterocycles. The second kappa shape index (κ2) is 8.14. The lowest BCUT2D eigenvalue weighted by Gasteiger charge is -2.39. The zero-order chi connectivity index (χ0) is 24.1. The number of carbonyl (C=O) groups excluding carboxylic acids is 1. The van der Waals surface area contributed by atoms with Crippen LogP contribution in [0.1, 0.15) is 56.2 Å². The first-order valence-electron chi connectivity index (χ1n) is 10.8. The van der Waals surface area contributed by atoms with Crippen molar-refractivity contribution in [2.45, 2.75) is 25.4 Å². The van der Waals surface area contributed by atoms with Gasteiger partial charge in [0.05, 0.1) is 11.9 Å². The van der Waals surface area contributed by atoms with Gasteiger partial charge in [-0.05, 0) is 36.6 Å². The fourth-order valence-electron chi connectivity index (χ4n) is 4.61. The Balaban J connectivity index is 1.61. The van der Waals surface area contributed by atoms with Gasteiger partial charge in [0.15, 0.2) is 10.8 Å². The number of para-hydroxylation sites is 1. The minimum atomic E-state index is -0.688. The SMILES string of the molecule is C#Cc1nc(C(=O)N2C(c3ccc(F)cn3)c3[nH]c4ccccc4c3C[C@@H]2c2nc(C)no2)cs1. The van der Waals surface area contributed by atoms with Crippen LogP contribution in [0, 0.1) is 25.1 Å². The predicted octanol–water partition coefficient (Wildman–Crippen LogP) is 4.36. The number of thiazole rings is 1. The van der Waals surface area contributed by atoms with Crippen molar-refractivity contribution in [2.75, 3.05) is 0 Å². The third-order valence-corrected chi connectivity index (χ3v) is 6.85. The number of carbonyl (C=O) groups is 1. The Morgan fingerprint density at radius 2 is 2.14 bits per heavy atom. The first kappa shape index (κ1) is 21.2. The Bertz CT molecular complexity index is 1610. The minimum Gasteiger partial charge on any atom is -0.356 e. The molecular weight excluding hydrogens is 467 g/mol.